The van der Waals surface area contributed by atoms with Gasteiger partial charge in [-0.15, -0.1) is 0 Å². The van der Waals surface area contributed by atoms with Crippen LogP contribution < -0.4 is 14.8 Å². The maximum absolute atomic E-state index is 12.3. The summed E-state index contributed by atoms with van der Waals surface area (Å²) in [4.78, 5) is 29.8. The molecule has 1 N–H and O–H groups in total. The van der Waals surface area contributed by atoms with Crippen LogP contribution in [0.1, 0.15) is 23.4 Å². The molecule has 2 aromatic carbocycles. The van der Waals surface area contributed by atoms with Crippen LogP contribution in [0.2, 0.25) is 0 Å². The molecule has 2 amide bonds. The molecule has 0 aliphatic heterocycles. The molecule has 1 heterocycles. The minimum Gasteiger partial charge on any atom is -0.493 e. The molecule has 0 atom stereocenters. The van der Waals surface area contributed by atoms with Gasteiger partial charge in [-0.3, -0.25) is 9.59 Å². The van der Waals surface area contributed by atoms with Gasteiger partial charge in [-0.25, -0.2) is 0 Å². The number of amides is 2. The molecule has 0 spiro atoms. The molecule has 174 valence electrons. The Labute approximate surface area is 192 Å². The monoisotopic (exact) mass is 452 g/mol. The van der Waals surface area contributed by atoms with E-state index in [0.717, 1.165) is 16.7 Å². The zero-order valence-electron chi connectivity index (χ0n) is 19.3. The molecular formula is C24H28N4O5. The number of rotatable bonds is 10. The molecule has 9 heteroatoms. The van der Waals surface area contributed by atoms with Gasteiger partial charge in [-0.05, 0) is 24.6 Å². The predicted octanol–water partition coefficient (Wildman–Crippen LogP) is 2.77. The molecule has 0 saturated heterocycles. The number of methoxy groups -OCH3 is 1. The lowest BCUT2D eigenvalue weighted by Gasteiger charge is -2.14. The van der Waals surface area contributed by atoms with E-state index in [0.29, 0.717) is 36.2 Å². The van der Waals surface area contributed by atoms with E-state index in [1.54, 1.807) is 26.2 Å². The van der Waals surface area contributed by atoms with Gasteiger partial charge >= 0.3 is 0 Å². The summed E-state index contributed by atoms with van der Waals surface area (Å²) >= 11 is 0. The van der Waals surface area contributed by atoms with Gasteiger partial charge in [0.1, 0.15) is 0 Å². The van der Waals surface area contributed by atoms with Gasteiger partial charge in [0.2, 0.25) is 17.6 Å². The van der Waals surface area contributed by atoms with Gasteiger partial charge in [0.05, 0.1) is 7.11 Å². The van der Waals surface area contributed by atoms with Crippen molar-refractivity contribution in [1.29, 1.82) is 0 Å². The Morgan fingerprint density at radius 1 is 1.09 bits per heavy atom. The van der Waals surface area contributed by atoms with Crippen LogP contribution in [0.25, 0.3) is 11.4 Å². The zero-order chi connectivity index (χ0) is 23.8. The van der Waals surface area contributed by atoms with Crippen LogP contribution in [0.5, 0.6) is 11.5 Å². The van der Waals surface area contributed by atoms with E-state index in [1.807, 2.05) is 37.3 Å². The summed E-state index contributed by atoms with van der Waals surface area (Å²) in [6.45, 7) is 2.25. The summed E-state index contributed by atoms with van der Waals surface area (Å²) in [5.74, 6) is 1.58. The molecule has 3 aromatic rings. The first-order valence-corrected chi connectivity index (χ1v) is 10.5. The summed E-state index contributed by atoms with van der Waals surface area (Å²) in [5.41, 5.74) is 2.86. The van der Waals surface area contributed by atoms with E-state index in [2.05, 4.69) is 15.5 Å². The fourth-order valence-electron chi connectivity index (χ4n) is 2.90. The Morgan fingerprint density at radius 2 is 1.85 bits per heavy atom. The third kappa shape index (κ3) is 6.80. The van der Waals surface area contributed by atoms with Crippen LogP contribution in [0.4, 0.5) is 0 Å². The number of benzene rings is 2. The number of aromatic nitrogens is 2. The third-order valence-corrected chi connectivity index (χ3v) is 4.91. The van der Waals surface area contributed by atoms with E-state index in [4.69, 9.17) is 14.0 Å². The second kappa shape index (κ2) is 11.1. The fraction of sp³-hybridized carbons (Fsp3) is 0.333. The summed E-state index contributed by atoms with van der Waals surface area (Å²) in [5, 5.41) is 6.85. The van der Waals surface area contributed by atoms with E-state index < -0.39 is 0 Å². The molecule has 1 aromatic heterocycles. The Morgan fingerprint density at radius 3 is 2.55 bits per heavy atom. The molecule has 9 nitrogen and oxygen atoms in total. The topological polar surface area (TPSA) is 107 Å². The maximum Gasteiger partial charge on any atom is 0.259 e. The van der Waals surface area contributed by atoms with Gasteiger partial charge in [0, 0.05) is 39.0 Å². The molecule has 0 bridgehead atoms. The van der Waals surface area contributed by atoms with Crippen LogP contribution in [0.3, 0.4) is 0 Å². The van der Waals surface area contributed by atoms with Crippen molar-refractivity contribution in [2.45, 2.75) is 26.3 Å². The second-order valence-electron chi connectivity index (χ2n) is 7.72. The van der Waals surface area contributed by atoms with Gasteiger partial charge in [0.15, 0.2) is 18.1 Å². The highest BCUT2D eigenvalue weighted by atomic mass is 16.5. The number of likely N-dealkylation sites (N-methyl/N-ethyl adjacent to an activating group) is 1. The summed E-state index contributed by atoms with van der Waals surface area (Å²) in [6, 6.07) is 13.1. The van der Waals surface area contributed by atoms with Crippen LogP contribution in [0, 0.1) is 6.92 Å². The molecule has 0 unspecified atom stereocenters. The second-order valence-corrected chi connectivity index (χ2v) is 7.72. The van der Waals surface area contributed by atoms with Gasteiger partial charge in [-0.1, -0.05) is 41.1 Å². The van der Waals surface area contributed by atoms with Crippen molar-refractivity contribution in [3.8, 4) is 22.9 Å². The number of carbonyl (C=O) groups excluding carboxylic acids is 2. The van der Waals surface area contributed by atoms with Crippen molar-refractivity contribution < 1.29 is 23.6 Å². The minimum atomic E-state index is -0.152. The Kier molecular flexibility index (Phi) is 8.01. The van der Waals surface area contributed by atoms with Crippen molar-refractivity contribution in [3.63, 3.8) is 0 Å². The fourth-order valence-corrected chi connectivity index (χ4v) is 2.90. The molecule has 33 heavy (non-hydrogen) atoms. The van der Waals surface area contributed by atoms with Crippen molar-refractivity contribution in [2.24, 2.45) is 0 Å². The van der Waals surface area contributed by atoms with Crippen molar-refractivity contribution >= 4 is 11.8 Å². The predicted molar refractivity (Wildman–Crippen MR) is 122 cm³/mol. The van der Waals surface area contributed by atoms with Gasteiger partial charge in [0.25, 0.3) is 5.91 Å². The molecular weight excluding hydrogens is 424 g/mol. The molecule has 0 radical (unpaired) electrons. The van der Waals surface area contributed by atoms with Crippen LogP contribution in [-0.2, 0) is 22.6 Å². The van der Waals surface area contributed by atoms with E-state index in [-0.39, 0.29) is 24.8 Å². The number of carbonyl (C=O) groups is 2. The first-order valence-electron chi connectivity index (χ1n) is 10.5. The maximum atomic E-state index is 12.3. The van der Waals surface area contributed by atoms with E-state index in [9.17, 15) is 9.59 Å². The van der Waals surface area contributed by atoms with Crippen molar-refractivity contribution in [1.82, 2.24) is 20.4 Å². The highest BCUT2D eigenvalue weighted by Crippen LogP contribution is 2.28. The Hall–Kier alpha value is -3.88. The smallest absolute Gasteiger partial charge is 0.259 e. The first kappa shape index (κ1) is 23.8. The van der Waals surface area contributed by atoms with E-state index in [1.165, 1.54) is 12.0 Å². The first-order chi connectivity index (χ1) is 15.9. The quantitative estimate of drug-likeness (QED) is 0.504. The van der Waals surface area contributed by atoms with Gasteiger partial charge < -0.3 is 24.2 Å². The van der Waals surface area contributed by atoms with Gasteiger partial charge in [-0.2, -0.15) is 4.98 Å². The van der Waals surface area contributed by atoms with E-state index >= 15 is 0 Å². The minimum absolute atomic E-state index is 0.0826. The molecule has 0 aliphatic rings. The SMILES string of the molecule is COc1cc(CNC(=O)CCc2nc(-c3ccc(C)cc3)no2)ccc1OCC(=O)N(C)C. The van der Waals surface area contributed by atoms with Crippen molar-refractivity contribution in [3.05, 3.63) is 59.5 Å². The average molecular weight is 453 g/mol. The summed E-state index contributed by atoms with van der Waals surface area (Å²) in [7, 11) is 4.85. The highest BCUT2D eigenvalue weighted by molar-refractivity contribution is 5.77. The number of nitrogens with one attached hydrogen (secondary N) is 1. The molecule has 3 rings (SSSR count). The Balaban J connectivity index is 1.48. The molecule has 0 fully saturated rings. The number of ether oxygens (including phenoxy) is 2. The number of nitrogens with zero attached hydrogens (tertiary/aromatic N) is 3. The molecule has 0 saturated carbocycles. The van der Waals surface area contributed by atoms with Crippen LogP contribution in [-0.4, -0.2) is 54.7 Å². The van der Waals surface area contributed by atoms with Crippen molar-refractivity contribution in [2.75, 3.05) is 27.8 Å². The van der Waals surface area contributed by atoms with Crippen LogP contribution >= 0.6 is 0 Å². The lowest BCUT2D eigenvalue weighted by molar-refractivity contribution is -0.130. The number of hydrogen-bond acceptors (Lipinski definition) is 7. The lowest BCUT2D eigenvalue weighted by atomic mass is 10.1. The number of aryl methyl sites for hydroxylation is 2. The largest absolute Gasteiger partial charge is 0.493 e. The number of hydrogen-bond donors (Lipinski definition) is 1. The van der Waals surface area contributed by atoms with Crippen LogP contribution in [0.15, 0.2) is 47.0 Å². The molecule has 0 aliphatic carbocycles. The highest BCUT2D eigenvalue weighted by Gasteiger charge is 2.12. The lowest BCUT2D eigenvalue weighted by Crippen LogP contribution is -2.27. The average Bonchev–Trinajstić information content (AvgIpc) is 3.29. The third-order valence-electron chi connectivity index (χ3n) is 4.91. The Bertz CT molecular complexity index is 1090. The summed E-state index contributed by atoms with van der Waals surface area (Å²) < 4.78 is 16.1. The normalized spacial score (nSPS) is 10.5. The standard InChI is InChI=1S/C24H28N4O5/c1-16-5-8-18(9-6-16)24-26-22(33-27-24)12-11-21(29)25-14-17-7-10-19(20(13-17)31-4)32-15-23(30)28(2)3/h5-10,13H,11-12,14-15H2,1-4H3,(H,25,29). The summed E-state index contributed by atoms with van der Waals surface area (Å²) in [6.07, 6.45) is 0.571. The zero-order valence-corrected chi connectivity index (χ0v) is 19.3.